The van der Waals surface area contributed by atoms with Gasteiger partial charge in [0.05, 0.1) is 18.7 Å². The first kappa shape index (κ1) is 24.9. The molecule has 186 valence electrons. The molecule has 1 aliphatic heterocycles. The van der Waals surface area contributed by atoms with Crippen LogP contribution in [0.15, 0.2) is 66.2 Å². The van der Waals surface area contributed by atoms with Crippen LogP contribution >= 0.6 is 0 Å². The summed E-state index contributed by atoms with van der Waals surface area (Å²) in [5, 5.41) is 21.1. The maximum atomic E-state index is 14.1. The molecule has 1 saturated heterocycles. The second-order valence-electron chi connectivity index (χ2n) is 9.52. The Morgan fingerprint density at radius 3 is 2.19 bits per heavy atom. The van der Waals surface area contributed by atoms with Crippen molar-refractivity contribution in [3.63, 3.8) is 0 Å². The summed E-state index contributed by atoms with van der Waals surface area (Å²) in [5.74, 6) is -4.17. The van der Waals surface area contributed by atoms with E-state index in [2.05, 4.69) is 0 Å². The standard InChI is InChI=1S/C28H25F2NO5/c1-28(2,3)19-13-16(7-12-22(19)36-4)25(33)23-24(15-5-9-18(32)10-6-15)31(27(35)26(23)34)17-8-11-20(29)21(30)14-17/h5-14,24,32-33H,1-4H3/b25-23-. The molecule has 36 heavy (non-hydrogen) atoms. The highest BCUT2D eigenvalue weighted by molar-refractivity contribution is 6.51. The molecule has 1 amide bonds. The average Bonchev–Trinajstić information content (AvgIpc) is 3.10. The van der Waals surface area contributed by atoms with Crippen molar-refractivity contribution < 1.29 is 33.3 Å². The van der Waals surface area contributed by atoms with Gasteiger partial charge in [0.1, 0.15) is 17.3 Å². The maximum Gasteiger partial charge on any atom is 0.300 e. The van der Waals surface area contributed by atoms with Crippen molar-refractivity contribution in [2.24, 2.45) is 0 Å². The number of carbonyl (C=O) groups is 2. The van der Waals surface area contributed by atoms with Crippen molar-refractivity contribution in [3.05, 3.63) is 94.6 Å². The zero-order valence-corrected chi connectivity index (χ0v) is 20.2. The van der Waals surface area contributed by atoms with E-state index in [1.165, 1.54) is 37.4 Å². The van der Waals surface area contributed by atoms with Crippen LogP contribution in [0.3, 0.4) is 0 Å². The summed E-state index contributed by atoms with van der Waals surface area (Å²) >= 11 is 0. The molecule has 4 rings (SSSR count). The Labute approximate surface area is 207 Å². The molecule has 0 aliphatic carbocycles. The molecule has 0 bridgehead atoms. The maximum absolute atomic E-state index is 14.1. The van der Waals surface area contributed by atoms with Gasteiger partial charge in [-0.25, -0.2) is 8.78 Å². The van der Waals surface area contributed by atoms with Gasteiger partial charge in [-0.1, -0.05) is 32.9 Å². The molecule has 8 heteroatoms. The molecule has 2 N–H and O–H groups in total. The number of hydrogen-bond acceptors (Lipinski definition) is 5. The minimum absolute atomic E-state index is 0.0477. The average molecular weight is 494 g/mol. The highest BCUT2D eigenvalue weighted by Crippen LogP contribution is 2.43. The number of methoxy groups -OCH3 is 1. The Morgan fingerprint density at radius 1 is 0.944 bits per heavy atom. The molecule has 6 nitrogen and oxygen atoms in total. The topological polar surface area (TPSA) is 87.1 Å². The SMILES string of the molecule is COc1ccc(/C(O)=C2/C(=O)C(=O)N(c3ccc(F)c(F)c3)C2c2ccc(O)cc2)cc1C(C)(C)C. The Bertz CT molecular complexity index is 1390. The third kappa shape index (κ3) is 4.30. The molecular formula is C28H25F2NO5. The third-order valence-corrected chi connectivity index (χ3v) is 6.12. The molecule has 0 spiro atoms. The summed E-state index contributed by atoms with van der Waals surface area (Å²) in [6.45, 7) is 5.90. The van der Waals surface area contributed by atoms with Gasteiger partial charge >= 0.3 is 0 Å². The molecule has 3 aromatic rings. The van der Waals surface area contributed by atoms with Crippen molar-refractivity contribution >= 4 is 23.1 Å². The number of rotatable bonds is 4. The van der Waals surface area contributed by atoms with Crippen LogP contribution in [0.25, 0.3) is 5.76 Å². The number of aliphatic hydroxyl groups is 1. The molecule has 0 saturated carbocycles. The number of phenolic OH excluding ortho intramolecular Hbond substituents is 1. The van der Waals surface area contributed by atoms with Gasteiger partial charge in [0.2, 0.25) is 0 Å². The van der Waals surface area contributed by atoms with Gasteiger partial charge in [0, 0.05) is 22.9 Å². The number of ketones is 1. The first-order valence-electron chi connectivity index (χ1n) is 11.2. The molecule has 1 unspecified atom stereocenters. The fourth-order valence-corrected chi connectivity index (χ4v) is 4.30. The van der Waals surface area contributed by atoms with Crippen molar-refractivity contribution in [2.45, 2.75) is 32.2 Å². The molecular weight excluding hydrogens is 468 g/mol. The summed E-state index contributed by atoms with van der Waals surface area (Å²) in [5.41, 5.74) is 0.787. The largest absolute Gasteiger partial charge is 0.508 e. The second-order valence-corrected chi connectivity index (χ2v) is 9.52. The van der Waals surface area contributed by atoms with E-state index in [-0.39, 0.29) is 28.0 Å². The third-order valence-electron chi connectivity index (χ3n) is 6.12. The smallest absolute Gasteiger partial charge is 0.300 e. The number of ether oxygens (including phenoxy) is 1. The lowest BCUT2D eigenvalue weighted by molar-refractivity contribution is -0.132. The molecule has 1 aliphatic rings. The highest BCUT2D eigenvalue weighted by atomic mass is 19.2. The molecule has 3 aromatic carbocycles. The van der Waals surface area contributed by atoms with Gasteiger partial charge in [0.15, 0.2) is 11.6 Å². The monoisotopic (exact) mass is 493 g/mol. The van der Waals surface area contributed by atoms with Crippen LogP contribution in [0.1, 0.15) is 43.5 Å². The zero-order valence-electron chi connectivity index (χ0n) is 20.2. The van der Waals surface area contributed by atoms with Gasteiger partial charge in [0.25, 0.3) is 11.7 Å². The molecule has 1 fully saturated rings. The van der Waals surface area contributed by atoms with Gasteiger partial charge in [-0.15, -0.1) is 0 Å². The van der Waals surface area contributed by atoms with E-state index in [1.54, 1.807) is 18.2 Å². The number of hydrogen-bond donors (Lipinski definition) is 2. The van der Waals surface area contributed by atoms with Gasteiger partial charge < -0.3 is 14.9 Å². The molecule has 1 atom stereocenters. The predicted molar refractivity (Wildman–Crippen MR) is 131 cm³/mol. The Morgan fingerprint density at radius 2 is 1.61 bits per heavy atom. The second kappa shape index (κ2) is 9.11. The van der Waals surface area contributed by atoms with E-state index in [0.717, 1.165) is 22.6 Å². The lowest BCUT2D eigenvalue weighted by Crippen LogP contribution is -2.29. The quantitative estimate of drug-likeness (QED) is 0.281. The fourth-order valence-electron chi connectivity index (χ4n) is 4.30. The number of halogens is 2. The van der Waals surface area contributed by atoms with Gasteiger partial charge in [-0.2, -0.15) is 0 Å². The summed E-state index contributed by atoms with van der Waals surface area (Å²) < 4.78 is 33.1. The summed E-state index contributed by atoms with van der Waals surface area (Å²) in [6.07, 6.45) is 0. The summed E-state index contributed by atoms with van der Waals surface area (Å²) in [6, 6.07) is 12.3. The van der Waals surface area contributed by atoms with E-state index in [9.17, 15) is 28.6 Å². The molecule has 0 radical (unpaired) electrons. The van der Waals surface area contributed by atoms with Gasteiger partial charge in [-0.05, 0) is 53.4 Å². The van der Waals surface area contributed by atoms with E-state index < -0.39 is 35.1 Å². The van der Waals surface area contributed by atoms with Gasteiger partial charge in [-0.3, -0.25) is 14.5 Å². The number of amides is 1. The van der Waals surface area contributed by atoms with Crippen LogP contribution in [-0.2, 0) is 15.0 Å². The minimum Gasteiger partial charge on any atom is -0.508 e. The van der Waals surface area contributed by atoms with E-state index >= 15 is 0 Å². The predicted octanol–water partition coefficient (Wildman–Crippen LogP) is 5.60. The number of benzene rings is 3. The number of nitrogens with zero attached hydrogens (tertiary/aromatic N) is 1. The summed E-state index contributed by atoms with van der Waals surface area (Å²) in [7, 11) is 1.53. The first-order chi connectivity index (χ1) is 16.9. The van der Waals surface area contributed by atoms with Crippen LogP contribution in [0.5, 0.6) is 11.5 Å². The normalized spacial score (nSPS) is 17.5. The lowest BCUT2D eigenvalue weighted by atomic mass is 9.84. The Balaban J connectivity index is 1.96. The Hall–Kier alpha value is -4.20. The minimum atomic E-state index is -1.19. The van der Waals surface area contributed by atoms with Crippen LogP contribution < -0.4 is 9.64 Å². The van der Waals surface area contributed by atoms with Crippen molar-refractivity contribution in [3.8, 4) is 11.5 Å². The molecule has 0 aromatic heterocycles. The highest BCUT2D eigenvalue weighted by Gasteiger charge is 2.47. The number of phenols is 1. The van der Waals surface area contributed by atoms with Crippen LogP contribution in [0.2, 0.25) is 0 Å². The van der Waals surface area contributed by atoms with E-state index in [0.29, 0.717) is 11.3 Å². The number of anilines is 1. The van der Waals surface area contributed by atoms with E-state index in [1.807, 2.05) is 20.8 Å². The van der Waals surface area contributed by atoms with Crippen molar-refractivity contribution in [1.29, 1.82) is 0 Å². The number of Topliss-reactive ketones (excluding diaryl/α,β-unsaturated/α-hetero) is 1. The van der Waals surface area contributed by atoms with E-state index in [4.69, 9.17) is 4.74 Å². The van der Waals surface area contributed by atoms with Crippen LogP contribution in [0, 0.1) is 11.6 Å². The number of carbonyl (C=O) groups excluding carboxylic acids is 2. The molecule has 1 heterocycles. The fraction of sp³-hybridized carbons (Fsp3) is 0.214. The zero-order chi connectivity index (χ0) is 26.4. The number of aromatic hydroxyl groups is 1. The lowest BCUT2D eigenvalue weighted by Gasteiger charge is -2.26. The van der Waals surface area contributed by atoms with Crippen molar-refractivity contribution in [2.75, 3.05) is 12.0 Å². The Kier molecular flexibility index (Phi) is 6.30. The van der Waals surface area contributed by atoms with Crippen LogP contribution in [-0.4, -0.2) is 29.0 Å². The first-order valence-corrected chi connectivity index (χ1v) is 11.2. The van der Waals surface area contributed by atoms with Crippen LogP contribution in [0.4, 0.5) is 14.5 Å². The van der Waals surface area contributed by atoms with Crippen molar-refractivity contribution in [1.82, 2.24) is 0 Å². The summed E-state index contributed by atoms with van der Waals surface area (Å²) in [4.78, 5) is 27.4. The number of aliphatic hydroxyl groups excluding tert-OH is 1.